The van der Waals surface area contributed by atoms with Crippen LogP contribution in [0.5, 0.6) is 0 Å². The summed E-state index contributed by atoms with van der Waals surface area (Å²) >= 11 is 0. The minimum absolute atomic E-state index is 0.112. The Morgan fingerprint density at radius 3 is 1.46 bits per heavy atom. The highest BCUT2D eigenvalue weighted by Gasteiger charge is 2.23. The van der Waals surface area contributed by atoms with Crippen molar-refractivity contribution in [1.82, 2.24) is 0 Å². The largest absolute Gasteiger partial charge is 0.459 e. The Morgan fingerprint density at radius 1 is 0.769 bits per heavy atom. The lowest BCUT2D eigenvalue weighted by atomic mass is 10.1. The van der Waals surface area contributed by atoms with E-state index in [4.69, 9.17) is 9.47 Å². The molecule has 1 aromatic rings. The third kappa shape index (κ3) is 7.19. The molecular weight excluding hydrogens is 328 g/mol. The van der Waals surface area contributed by atoms with Crippen molar-refractivity contribution in [3.63, 3.8) is 0 Å². The molecule has 0 aliphatic heterocycles. The monoisotopic (exact) mass is 362 g/mol. The number of carbonyl (C=O) groups is 2. The zero-order chi connectivity index (χ0) is 19.4. The quantitative estimate of drug-likeness (QED) is 0.432. The summed E-state index contributed by atoms with van der Waals surface area (Å²) in [5.74, 6) is -0.885. The normalized spacial score (nSPS) is 13.1. The average molecular weight is 363 g/mol. The Morgan fingerprint density at radius 2 is 1.15 bits per heavy atom. The predicted octanol–water partition coefficient (Wildman–Crippen LogP) is 5.94. The molecule has 0 aliphatic rings. The molecule has 0 bridgehead atoms. The highest BCUT2D eigenvalue weighted by molar-refractivity contribution is 6.03. The van der Waals surface area contributed by atoms with Crippen molar-refractivity contribution in [3.05, 3.63) is 35.4 Å². The number of rotatable bonds is 12. The van der Waals surface area contributed by atoms with Gasteiger partial charge in [0, 0.05) is 0 Å². The maximum atomic E-state index is 12.6. The van der Waals surface area contributed by atoms with Gasteiger partial charge >= 0.3 is 11.9 Å². The highest BCUT2D eigenvalue weighted by atomic mass is 16.5. The van der Waals surface area contributed by atoms with Crippen LogP contribution in [0.2, 0.25) is 0 Å². The van der Waals surface area contributed by atoms with Crippen molar-refractivity contribution >= 4 is 11.9 Å². The lowest BCUT2D eigenvalue weighted by Gasteiger charge is -2.19. The fourth-order valence-corrected chi connectivity index (χ4v) is 2.83. The van der Waals surface area contributed by atoms with Gasteiger partial charge in [0.05, 0.1) is 11.1 Å². The van der Waals surface area contributed by atoms with Crippen LogP contribution in [0.25, 0.3) is 0 Å². The predicted molar refractivity (Wildman–Crippen MR) is 104 cm³/mol. The molecule has 146 valence electrons. The van der Waals surface area contributed by atoms with E-state index < -0.39 is 11.9 Å². The molecule has 2 unspecified atom stereocenters. The Balaban J connectivity index is 2.85. The fraction of sp³-hybridized carbons (Fsp3) is 0.636. The molecule has 1 rings (SSSR count). The Kier molecular flexibility index (Phi) is 10.7. The van der Waals surface area contributed by atoms with Gasteiger partial charge in [-0.15, -0.1) is 0 Å². The Hall–Kier alpha value is -1.84. The van der Waals surface area contributed by atoms with Crippen molar-refractivity contribution in [1.29, 1.82) is 0 Å². The van der Waals surface area contributed by atoms with E-state index >= 15 is 0 Å². The fourth-order valence-electron chi connectivity index (χ4n) is 2.83. The molecule has 0 N–H and O–H groups in total. The average Bonchev–Trinajstić information content (AvgIpc) is 2.67. The molecule has 0 amide bonds. The van der Waals surface area contributed by atoms with E-state index in [2.05, 4.69) is 13.8 Å². The first-order valence-electron chi connectivity index (χ1n) is 10.1. The second-order valence-corrected chi connectivity index (χ2v) is 6.70. The van der Waals surface area contributed by atoms with E-state index in [1.807, 2.05) is 13.8 Å². The standard InChI is InChI=1S/C22H34O4/c1-5-9-13-17(7-3)25-21(23)19-15-11-12-16-20(19)22(24)26-18(8-4)14-10-6-2/h11-12,15-18H,5-10,13-14H2,1-4H3. The summed E-state index contributed by atoms with van der Waals surface area (Å²) in [4.78, 5) is 25.2. The van der Waals surface area contributed by atoms with Gasteiger partial charge in [-0.3, -0.25) is 0 Å². The number of hydrogen-bond acceptors (Lipinski definition) is 4. The SMILES string of the molecule is CCCCC(CC)OC(=O)c1ccccc1C(=O)OC(CC)CCCC. The molecule has 4 heteroatoms. The van der Waals surface area contributed by atoms with Gasteiger partial charge in [-0.25, -0.2) is 9.59 Å². The van der Waals surface area contributed by atoms with E-state index in [1.165, 1.54) is 0 Å². The van der Waals surface area contributed by atoms with Crippen molar-refractivity contribution < 1.29 is 19.1 Å². The van der Waals surface area contributed by atoms with Crippen molar-refractivity contribution in [2.24, 2.45) is 0 Å². The second-order valence-electron chi connectivity index (χ2n) is 6.70. The number of unbranched alkanes of at least 4 members (excludes halogenated alkanes) is 2. The smallest absolute Gasteiger partial charge is 0.339 e. The van der Waals surface area contributed by atoms with Gasteiger partial charge < -0.3 is 9.47 Å². The first kappa shape index (κ1) is 22.2. The Bertz CT molecular complexity index is 504. The zero-order valence-corrected chi connectivity index (χ0v) is 16.8. The second kappa shape index (κ2) is 12.5. The van der Waals surface area contributed by atoms with E-state index in [0.717, 1.165) is 51.4 Å². The van der Waals surface area contributed by atoms with Gasteiger partial charge in [-0.2, -0.15) is 0 Å². The zero-order valence-electron chi connectivity index (χ0n) is 16.8. The van der Waals surface area contributed by atoms with E-state index in [1.54, 1.807) is 24.3 Å². The number of esters is 2. The summed E-state index contributed by atoms with van der Waals surface area (Å²) in [5, 5.41) is 0. The van der Waals surface area contributed by atoms with Crippen LogP contribution >= 0.6 is 0 Å². The van der Waals surface area contributed by atoms with E-state index in [0.29, 0.717) is 0 Å². The summed E-state index contributed by atoms with van der Waals surface area (Å²) in [6.07, 6.45) is 7.18. The van der Waals surface area contributed by atoms with Crippen LogP contribution in [0.4, 0.5) is 0 Å². The third-order valence-electron chi connectivity index (χ3n) is 4.58. The minimum Gasteiger partial charge on any atom is -0.459 e. The first-order chi connectivity index (χ1) is 12.6. The van der Waals surface area contributed by atoms with Crippen molar-refractivity contribution in [2.75, 3.05) is 0 Å². The van der Waals surface area contributed by atoms with Crippen LogP contribution in [0.1, 0.15) is 99.8 Å². The van der Waals surface area contributed by atoms with Crippen molar-refractivity contribution in [2.45, 2.75) is 91.3 Å². The number of hydrogen-bond donors (Lipinski definition) is 0. The Labute approximate surface area is 158 Å². The summed E-state index contributed by atoms with van der Waals surface area (Å²) in [6.45, 7) is 8.24. The minimum atomic E-state index is -0.442. The van der Waals surface area contributed by atoms with Gasteiger partial charge in [-0.1, -0.05) is 65.5 Å². The number of benzene rings is 1. The number of ether oxygens (including phenoxy) is 2. The molecule has 26 heavy (non-hydrogen) atoms. The van der Waals surface area contributed by atoms with Crippen molar-refractivity contribution in [3.8, 4) is 0 Å². The van der Waals surface area contributed by atoms with Gasteiger partial charge in [0.15, 0.2) is 0 Å². The van der Waals surface area contributed by atoms with Crippen LogP contribution < -0.4 is 0 Å². The lowest BCUT2D eigenvalue weighted by Crippen LogP contribution is -2.22. The maximum Gasteiger partial charge on any atom is 0.339 e. The van der Waals surface area contributed by atoms with Gasteiger partial charge in [-0.05, 0) is 37.8 Å². The van der Waals surface area contributed by atoms with E-state index in [9.17, 15) is 9.59 Å². The van der Waals surface area contributed by atoms with Crippen LogP contribution in [0, 0.1) is 0 Å². The lowest BCUT2D eigenvalue weighted by molar-refractivity contribution is 0.0220. The summed E-state index contributed by atoms with van der Waals surface area (Å²) in [5.41, 5.74) is 0.579. The summed E-state index contributed by atoms with van der Waals surface area (Å²) in [6, 6.07) is 6.76. The van der Waals surface area contributed by atoms with Gasteiger partial charge in [0.1, 0.15) is 12.2 Å². The third-order valence-corrected chi connectivity index (χ3v) is 4.58. The number of carbonyl (C=O) groups excluding carboxylic acids is 2. The van der Waals surface area contributed by atoms with Gasteiger partial charge in [0.25, 0.3) is 0 Å². The highest BCUT2D eigenvalue weighted by Crippen LogP contribution is 2.18. The topological polar surface area (TPSA) is 52.6 Å². The summed E-state index contributed by atoms with van der Waals surface area (Å²) in [7, 11) is 0. The molecule has 2 atom stereocenters. The maximum absolute atomic E-state index is 12.6. The van der Waals surface area contributed by atoms with Crippen LogP contribution in [-0.2, 0) is 9.47 Å². The van der Waals surface area contributed by atoms with Gasteiger partial charge in [0.2, 0.25) is 0 Å². The van der Waals surface area contributed by atoms with Crippen LogP contribution in [-0.4, -0.2) is 24.1 Å². The molecule has 0 spiro atoms. The molecule has 4 nitrogen and oxygen atoms in total. The molecule has 0 heterocycles. The molecular formula is C22H34O4. The molecule has 1 aromatic carbocycles. The van der Waals surface area contributed by atoms with Crippen LogP contribution in [0.3, 0.4) is 0 Å². The molecule has 0 radical (unpaired) electrons. The molecule has 0 fully saturated rings. The molecule has 0 aliphatic carbocycles. The van der Waals surface area contributed by atoms with Crippen LogP contribution in [0.15, 0.2) is 24.3 Å². The molecule has 0 aromatic heterocycles. The summed E-state index contributed by atoms with van der Waals surface area (Å²) < 4.78 is 11.3. The molecule has 0 saturated heterocycles. The molecule has 0 saturated carbocycles. The first-order valence-corrected chi connectivity index (χ1v) is 10.1. The van der Waals surface area contributed by atoms with E-state index in [-0.39, 0.29) is 23.3 Å².